The van der Waals surface area contributed by atoms with E-state index in [1.165, 1.54) is 18.2 Å². The Morgan fingerprint density at radius 3 is 2.11 bits per heavy atom. The lowest BCUT2D eigenvalue weighted by atomic mass is 10.3. The Morgan fingerprint density at radius 2 is 1.50 bits per heavy atom. The molecule has 3 aromatic rings. The van der Waals surface area contributed by atoms with Gasteiger partial charge in [0.25, 0.3) is 15.9 Å². The van der Waals surface area contributed by atoms with Crippen LogP contribution in [0.5, 0.6) is 5.75 Å². The highest BCUT2D eigenvalue weighted by atomic mass is 35.5. The van der Waals surface area contributed by atoms with Gasteiger partial charge in [0.05, 0.1) is 9.92 Å². The van der Waals surface area contributed by atoms with E-state index in [2.05, 4.69) is 10.0 Å². The molecule has 0 saturated heterocycles. The van der Waals surface area contributed by atoms with E-state index in [0.29, 0.717) is 11.4 Å². The van der Waals surface area contributed by atoms with Crippen molar-refractivity contribution in [3.63, 3.8) is 0 Å². The van der Waals surface area contributed by atoms with Crippen LogP contribution in [0.3, 0.4) is 0 Å². The molecule has 0 heterocycles. The van der Waals surface area contributed by atoms with Gasteiger partial charge in [0.2, 0.25) is 0 Å². The highest BCUT2D eigenvalue weighted by Gasteiger charge is 2.17. The number of rotatable bonds is 7. The van der Waals surface area contributed by atoms with E-state index < -0.39 is 10.0 Å². The summed E-state index contributed by atoms with van der Waals surface area (Å²) >= 11 is 6.13. The van der Waals surface area contributed by atoms with Crippen molar-refractivity contribution >= 4 is 38.9 Å². The van der Waals surface area contributed by atoms with Crippen molar-refractivity contribution in [2.45, 2.75) is 4.90 Å². The molecule has 144 valence electrons. The summed E-state index contributed by atoms with van der Waals surface area (Å²) in [5.41, 5.74) is 1.09. The number of hydrogen-bond acceptors (Lipinski definition) is 4. The number of halogens is 1. The minimum atomic E-state index is -3.79. The van der Waals surface area contributed by atoms with E-state index in [9.17, 15) is 13.2 Å². The molecule has 0 saturated carbocycles. The van der Waals surface area contributed by atoms with Crippen molar-refractivity contribution in [3.05, 3.63) is 83.9 Å². The Morgan fingerprint density at radius 1 is 0.893 bits per heavy atom. The summed E-state index contributed by atoms with van der Waals surface area (Å²) in [6, 6.07) is 21.5. The fourth-order valence-corrected chi connectivity index (χ4v) is 3.73. The van der Waals surface area contributed by atoms with Gasteiger partial charge in [0.1, 0.15) is 5.75 Å². The molecule has 0 radical (unpaired) electrons. The van der Waals surface area contributed by atoms with Crippen LogP contribution in [0.1, 0.15) is 0 Å². The number of ether oxygens (including phenoxy) is 1. The molecular weight excluding hydrogens is 400 g/mol. The lowest BCUT2D eigenvalue weighted by molar-refractivity contribution is -0.118. The number of carbonyl (C=O) groups is 1. The third-order valence-corrected chi connectivity index (χ3v) is 5.33. The molecule has 28 heavy (non-hydrogen) atoms. The average Bonchev–Trinajstić information content (AvgIpc) is 2.68. The number of carbonyl (C=O) groups excluding carboxylic acids is 1. The molecule has 8 heteroatoms. The van der Waals surface area contributed by atoms with Gasteiger partial charge in [0.15, 0.2) is 6.61 Å². The summed E-state index contributed by atoms with van der Waals surface area (Å²) in [7, 11) is -3.79. The molecule has 0 aliphatic heterocycles. The third-order valence-electron chi connectivity index (χ3n) is 3.66. The maximum absolute atomic E-state index is 12.5. The molecule has 2 N–H and O–H groups in total. The molecular formula is C20H17ClN2O4S. The molecule has 0 bridgehead atoms. The summed E-state index contributed by atoms with van der Waals surface area (Å²) in [5, 5.41) is 2.77. The molecule has 0 aromatic heterocycles. The van der Waals surface area contributed by atoms with Crippen LogP contribution in [0, 0.1) is 0 Å². The van der Waals surface area contributed by atoms with Crippen molar-refractivity contribution in [2.75, 3.05) is 16.6 Å². The first kappa shape index (κ1) is 19.7. The molecule has 1 amide bonds. The summed E-state index contributed by atoms with van der Waals surface area (Å²) in [6.07, 6.45) is 0. The summed E-state index contributed by atoms with van der Waals surface area (Å²) in [6.45, 7) is -0.261. The third kappa shape index (κ3) is 5.25. The second-order valence-electron chi connectivity index (χ2n) is 5.77. The monoisotopic (exact) mass is 416 g/mol. The van der Waals surface area contributed by atoms with Gasteiger partial charge in [-0.3, -0.25) is 9.52 Å². The maximum atomic E-state index is 12.5. The zero-order chi connectivity index (χ0) is 20.0. The highest BCUT2D eigenvalue weighted by molar-refractivity contribution is 7.92. The van der Waals surface area contributed by atoms with Gasteiger partial charge in [-0.05, 0) is 42.5 Å². The van der Waals surface area contributed by atoms with E-state index in [1.54, 1.807) is 54.6 Å². The smallest absolute Gasteiger partial charge is 0.262 e. The molecule has 0 spiro atoms. The van der Waals surface area contributed by atoms with E-state index in [0.717, 1.165) is 0 Å². The summed E-state index contributed by atoms with van der Waals surface area (Å²) in [4.78, 5) is 11.9. The van der Waals surface area contributed by atoms with Gasteiger partial charge in [0, 0.05) is 11.4 Å². The molecule has 0 aliphatic rings. The van der Waals surface area contributed by atoms with Gasteiger partial charge >= 0.3 is 0 Å². The predicted octanol–water partition coefficient (Wildman–Crippen LogP) is 4.16. The molecule has 0 fully saturated rings. The Kier molecular flexibility index (Phi) is 6.18. The SMILES string of the molecule is O=C(COc1ccc(S(=O)(=O)Nc2ccccc2)cc1Cl)Nc1ccccc1. The van der Waals surface area contributed by atoms with E-state index in [4.69, 9.17) is 16.3 Å². The Hall–Kier alpha value is -3.03. The van der Waals surface area contributed by atoms with Crippen LogP contribution in [0.25, 0.3) is 0 Å². The van der Waals surface area contributed by atoms with Crippen molar-refractivity contribution in [2.24, 2.45) is 0 Å². The minimum Gasteiger partial charge on any atom is -0.482 e. The normalized spacial score (nSPS) is 10.9. The van der Waals surface area contributed by atoms with Gasteiger partial charge in [-0.15, -0.1) is 0 Å². The number of anilines is 2. The van der Waals surface area contributed by atoms with Crippen molar-refractivity contribution in [1.82, 2.24) is 0 Å². The van der Waals surface area contributed by atoms with Crippen LogP contribution >= 0.6 is 11.6 Å². The molecule has 3 rings (SSSR count). The number of hydrogen-bond donors (Lipinski definition) is 2. The van der Waals surface area contributed by atoms with Crippen LogP contribution in [-0.4, -0.2) is 20.9 Å². The van der Waals surface area contributed by atoms with Gasteiger partial charge < -0.3 is 10.1 Å². The van der Waals surface area contributed by atoms with Crippen molar-refractivity contribution in [3.8, 4) is 5.75 Å². The first-order chi connectivity index (χ1) is 13.4. The molecule has 0 unspecified atom stereocenters. The lowest BCUT2D eigenvalue weighted by Gasteiger charge is -2.11. The fraction of sp³-hybridized carbons (Fsp3) is 0.0500. The maximum Gasteiger partial charge on any atom is 0.262 e. The number of sulfonamides is 1. The standard InChI is InChI=1S/C20H17ClN2O4S/c21-18-13-17(28(25,26)23-16-9-5-2-6-10-16)11-12-19(18)27-14-20(24)22-15-7-3-1-4-8-15/h1-13,23H,14H2,(H,22,24). The Labute approximate surface area is 168 Å². The molecule has 6 nitrogen and oxygen atoms in total. The lowest BCUT2D eigenvalue weighted by Crippen LogP contribution is -2.20. The first-order valence-electron chi connectivity index (χ1n) is 8.29. The molecule has 0 atom stereocenters. The zero-order valence-electron chi connectivity index (χ0n) is 14.6. The van der Waals surface area contributed by atoms with Crippen LogP contribution in [-0.2, 0) is 14.8 Å². The second kappa shape index (κ2) is 8.77. The zero-order valence-corrected chi connectivity index (χ0v) is 16.2. The summed E-state index contributed by atoms with van der Waals surface area (Å²) in [5.74, 6) is -0.145. The van der Waals surface area contributed by atoms with Gasteiger partial charge in [-0.25, -0.2) is 8.42 Å². The topological polar surface area (TPSA) is 84.5 Å². The van der Waals surface area contributed by atoms with E-state index in [1.807, 2.05) is 6.07 Å². The second-order valence-corrected chi connectivity index (χ2v) is 7.86. The van der Waals surface area contributed by atoms with Crippen molar-refractivity contribution < 1.29 is 17.9 Å². The van der Waals surface area contributed by atoms with Crippen LogP contribution in [0.4, 0.5) is 11.4 Å². The number of benzene rings is 3. The number of para-hydroxylation sites is 2. The van der Waals surface area contributed by atoms with Crippen LogP contribution in [0.2, 0.25) is 5.02 Å². The van der Waals surface area contributed by atoms with E-state index >= 15 is 0 Å². The van der Waals surface area contributed by atoms with Crippen molar-refractivity contribution in [1.29, 1.82) is 0 Å². The number of amides is 1. The van der Waals surface area contributed by atoms with Gasteiger partial charge in [-0.1, -0.05) is 48.0 Å². The highest BCUT2D eigenvalue weighted by Crippen LogP contribution is 2.28. The predicted molar refractivity (Wildman–Crippen MR) is 109 cm³/mol. The quantitative estimate of drug-likeness (QED) is 0.605. The molecule has 3 aromatic carbocycles. The first-order valence-corrected chi connectivity index (χ1v) is 10.2. The van der Waals surface area contributed by atoms with E-state index in [-0.39, 0.29) is 28.2 Å². The minimum absolute atomic E-state index is 0.0116. The number of nitrogens with one attached hydrogen (secondary N) is 2. The summed E-state index contributed by atoms with van der Waals surface area (Å²) < 4.78 is 32.8. The Bertz CT molecular complexity index is 1060. The van der Waals surface area contributed by atoms with Crippen LogP contribution in [0.15, 0.2) is 83.8 Å². The Balaban J connectivity index is 1.64. The average molecular weight is 417 g/mol. The molecule has 0 aliphatic carbocycles. The van der Waals surface area contributed by atoms with Crippen LogP contribution < -0.4 is 14.8 Å². The fourth-order valence-electron chi connectivity index (χ4n) is 2.35. The van der Waals surface area contributed by atoms with Gasteiger partial charge in [-0.2, -0.15) is 0 Å². The largest absolute Gasteiger partial charge is 0.482 e.